The van der Waals surface area contributed by atoms with Crippen LogP contribution in [0.3, 0.4) is 0 Å². The first-order valence-corrected chi connectivity index (χ1v) is 5.33. The summed E-state index contributed by atoms with van der Waals surface area (Å²) in [6, 6.07) is 9.32. The number of rotatable bonds is 6. The van der Waals surface area contributed by atoms with Crippen molar-refractivity contribution in [3.05, 3.63) is 42.0 Å². The standard InChI is InChI=1S/C13H16O4/c1-3-16-13(14)9-12(17-10-15-2)11-7-5-4-6-8-11/h4-9H,3,10H2,1-2H3/b12-9-. The lowest BCUT2D eigenvalue weighted by atomic mass is 10.2. The topological polar surface area (TPSA) is 44.8 Å². The van der Waals surface area contributed by atoms with E-state index >= 15 is 0 Å². The summed E-state index contributed by atoms with van der Waals surface area (Å²) in [5, 5.41) is 0. The highest BCUT2D eigenvalue weighted by atomic mass is 16.7. The van der Waals surface area contributed by atoms with Gasteiger partial charge in [-0.3, -0.25) is 0 Å². The van der Waals surface area contributed by atoms with Crippen molar-refractivity contribution in [2.24, 2.45) is 0 Å². The van der Waals surface area contributed by atoms with Crippen LogP contribution in [-0.4, -0.2) is 26.5 Å². The number of benzene rings is 1. The van der Waals surface area contributed by atoms with E-state index in [1.807, 2.05) is 30.3 Å². The minimum absolute atomic E-state index is 0.0835. The Hall–Kier alpha value is -1.81. The van der Waals surface area contributed by atoms with Gasteiger partial charge in [-0.2, -0.15) is 0 Å². The Morgan fingerprint density at radius 2 is 1.94 bits per heavy atom. The van der Waals surface area contributed by atoms with Crippen LogP contribution < -0.4 is 0 Å². The van der Waals surface area contributed by atoms with Crippen molar-refractivity contribution in [3.8, 4) is 0 Å². The Kier molecular flexibility index (Phi) is 5.82. The molecule has 1 aromatic carbocycles. The lowest BCUT2D eigenvalue weighted by Gasteiger charge is -2.09. The smallest absolute Gasteiger partial charge is 0.334 e. The number of esters is 1. The van der Waals surface area contributed by atoms with Crippen LogP contribution in [-0.2, 0) is 19.0 Å². The maximum atomic E-state index is 11.4. The highest BCUT2D eigenvalue weighted by molar-refractivity contribution is 5.89. The highest BCUT2D eigenvalue weighted by Gasteiger charge is 2.06. The second-order valence-electron chi connectivity index (χ2n) is 3.18. The molecule has 0 aromatic heterocycles. The molecule has 4 nitrogen and oxygen atoms in total. The zero-order valence-corrected chi connectivity index (χ0v) is 10.0. The number of hydrogen-bond donors (Lipinski definition) is 0. The first kappa shape index (κ1) is 13.3. The summed E-state index contributed by atoms with van der Waals surface area (Å²) in [6.07, 6.45) is 1.32. The summed E-state index contributed by atoms with van der Waals surface area (Å²) in [4.78, 5) is 11.4. The number of carbonyl (C=O) groups is 1. The van der Waals surface area contributed by atoms with E-state index in [9.17, 15) is 4.79 Å². The molecule has 0 aliphatic heterocycles. The number of hydrogen-bond acceptors (Lipinski definition) is 4. The maximum absolute atomic E-state index is 11.4. The fraction of sp³-hybridized carbons (Fsp3) is 0.308. The molecule has 0 amide bonds. The minimum atomic E-state index is -0.428. The molecule has 92 valence electrons. The summed E-state index contributed by atoms with van der Waals surface area (Å²) in [7, 11) is 1.52. The van der Waals surface area contributed by atoms with E-state index in [1.165, 1.54) is 13.2 Å². The van der Waals surface area contributed by atoms with Gasteiger partial charge >= 0.3 is 5.97 Å². The van der Waals surface area contributed by atoms with Crippen LogP contribution >= 0.6 is 0 Å². The average Bonchev–Trinajstić information content (AvgIpc) is 2.36. The number of ether oxygens (including phenoxy) is 3. The SMILES string of the molecule is CCOC(=O)/C=C(\OCOC)c1ccccc1. The van der Waals surface area contributed by atoms with Crippen molar-refractivity contribution < 1.29 is 19.0 Å². The van der Waals surface area contributed by atoms with Gasteiger partial charge in [0.1, 0.15) is 5.76 Å². The molecule has 0 heterocycles. The predicted molar refractivity (Wildman–Crippen MR) is 64.0 cm³/mol. The Balaban J connectivity index is 2.84. The molecule has 0 atom stereocenters. The summed E-state index contributed by atoms with van der Waals surface area (Å²) < 4.78 is 15.0. The van der Waals surface area contributed by atoms with Gasteiger partial charge in [-0.1, -0.05) is 30.3 Å². The van der Waals surface area contributed by atoms with Gasteiger partial charge in [0.05, 0.1) is 12.7 Å². The minimum Gasteiger partial charge on any atom is -0.467 e. The van der Waals surface area contributed by atoms with Gasteiger partial charge in [0.15, 0.2) is 6.79 Å². The van der Waals surface area contributed by atoms with Gasteiger partial charge in [-0.25, -0.2) is 4.79 Å². The zero-order chi connectivity index (χ0) is 12.5. The van der Waals surface area contributed by atoms with Crippen LogP contribution in [0.4, 0.5) is 0 Å². The van der Waals surface area contributed by atoms with Crippen LogP contribution in [0.25, 0.3) is 5.76 Å². The van der Waals surface area contributed by atoms with E-state index in [1.54, 1.807) is 6.92 Å². The maximum Gasteiger partial charge on any atom is 0.334 e. The molecular weight excluding hydrogens is 220 g/mol. The molecule has 0 saturated carbocycles. The lowest BCUT2D eigenvalue weighted by Crippen LogP contribution is -2.04. The lowest BCUT2D eigenvalue weighted by molar-refractivity contribution is -0.137. The third-order valence-corrected chi connectivity index (χ3v) is 1.93. The van der Waals surface area contributed by atoms with Crippen LogP contribution in [0.1, 0.15) is 12.5 Å². The first-order chi connectivity index (χ1) is 8.27. The van der Waals surface area contributed by atoms with Crippen molar-refractivity contribution in [1.29, 1.82) is 0 Å². The number of methoxy groups -OCH3 is 1. The Bertz CT molecular complexity index is 370. The Labute approximate surface area is 101 Å². The summed E-state index contributed by atoms with van der Waals surface area (Å²) in [6.45, 7) is 2.17. The molecular formula is C13H16O4. The van der Waals surface area contributed by atoms with Gasteiger partial charge < -0.3 is 14.2 Å². The summed E-state index contributed by atoms with van der Waals surface area (Å²) in [5.74, 6) is 0.00774. The quantitative estimate of drug-likeness (QED) is 0.329. The van der Waals surface area contributed by atoms with E-state index in [0.717, 1.165) is 5.56 Å². The van der Waals surface area contributed by atoms with E-state index in [2.05, 4.69) is 0 Å². The predicted octanol–water partition coefficient (Wildman–Crippen LogP) is 2.21. The molecule has 0 fully saturated rings. The van der Waals surface area contributed by atoms with E-state index in [4.69, 9.17) is 14.2 Å². The second kappa shape index (κ2) is 7.46. The molecule has 17 heavy (non-hydrogen) atoms. The average molecular weight is 236 g/mol. The molecule has 0 N–H and O–H groups in total. The number of carbonyl (C=O) groups excluding carboxylic acids is 1. The van der Waals surface area contributed by atoms with Crippen molar-refractivity contribution in [2.75, 3.05) is 20.5 Å². The second-order valence-corrected chi connectivity index (χ2v) is 3.18. The normalized spacial score (nSPS) is 11.1. The molecule has 0 bridgehead atoms. The first-order valence-electron chi connectivity index (χ1n) is 5.33. The third kappa shape index (κ3) is 4.70. The van der Waals surface area contributed by atoms with E-state index in [-0.39, 0.29) is 6.79 Å². The molecule has 4 heteroatoms. The summed E-state index contributed by atoms with van der Waals surface area (Å²) in [5.41, 5.74) is 0.803. The van der Waals surface area contributed by atoms with Crippen LogP contribution in [0, 0.1) is 0 Å². The fourth-order valence-corrected chi connectivity index (χ4v) is 1.22. The Morgan fingerprint density at radius 1 is 1.24 bits per heavy atom. The molecule has 0 spiro atoms. The van der Waals surface area contributed by atoms with Gasteiger partial charge in [-0.05, 0) is 6.92 Å². The molecule has 1 aromatic rings. The molecule has 0 unspecified atom stereocenters. The highest BCUT2D eigenvalue weighted by Crippen LogP contribution is 2.15. The van der Waals surface area contributed by atoms with E-state index in [0.29, 0.717) is 12.4 Å². The van der Waals surface area contributed by atoms with Gasteiger partial charge in [0.2, 0.25) is 0 Å². The molecule has 0 aliphatic carbocycles. The largest absolute Gasteiger partial charge is 0.467 e. The fourth-order valence-electron chi connectivity index (χ4n) is 1.22. The van der Waals surface area contributed by atoms with E-state index < -0.39 is 5.97 Å². The third-order valence-electron chi connectivity index (χ3n) is 1.93. The van der Waals surface area contributed by atoms with Crippen molar-refractivity contribution in [1.82, 2.24) is 0 Å². The van der Waals surface area contributed by atoms with Gasteiger partial charge in [-0.15, -0.1) is 0 Å². The molecule has 0 radical (unpaired) electrons. The van der Waals surface area contributed by atoms with Crippen LogP contribution in [0.5, 0.6) is 0 Å². The van der Waals surface area contributed by atoms with Crippen LogP contribution in [0.15, 0.2) is 36.4 Å². The summed E-state index contributed by atoms with van der Waals surface area (Å²) >= 11 is 0. The molecule has 0 aliphatic rings. The van der Waals surface area contributed by atoms with Crippen molar-refractivity contribution in [3.63, 3.8) is 0 Å². The van der Waals surface area contributed by atoms with Gasteiger partial charge in [0, 0.05) is 12.7 Å². The Morgan fingerprint density at radius 3 is 2.53 bits per heavy atom. The van der Waals surface area contributed by atoms with Crippen molar-refractivity contribution in [2.45, 2.75) is 6.92 Å². The zero-order valence-electron chi connectivity index (χ0n) is 10.0. The van der Waals surface area contributed by atoms with Gasteiger partial charge in [0.25, 0.3) is 0 Å². The van der Waals surface area contributed by atoms with Crippen LogP contribution in [0.2, 0.25) is 0 Å². The monoisotopic (exact) mass is 236 g/mol. The van der Waals surface area contributed by atoms with Crippen molar-refractivity contribution >= 4 is 11.7 Å². The molecule has 0 saturated heterocycles. The molecule has 1 rings (SSSR count).